The molecule has 92 valence electrons. The number of hydrogen-bond acceptors (Lipinski definition) is 5. The maximum atomic E-state index is 10.8. The maximum absolute atomic E-state index is 10.8. The summed E-state index contributed by atoms with van der Waals surface area (Å²) in [7, 11) is 0. The van der Waals surface area contributed by atoms with E-state index >= 15 is 0 Å². The van der Waals surface area contributed by atoms with E-state index in [1.807, 2.05) is 0 Å². The Kier molecular flexibility index (Phi) is 3.43. The number of esters is 1. The van der Waals surface area contributed by atoms with Crippen LogP contribution in [0.3, 0.4) is 0 Å². The zero-order valence-electron chi connectivity index (χ0n) is 9.66. The summed E-state index contributed by atoms with van der Waals surface area (Å²) in [5.74, 6) is 0.416. The van der Waals surface area contributed by atoms with Crippen molar-refractivity contribution < 1.29 is 19.4 Å². The fourth-order valence-corrected chi connectivity index (χ4v) is 1.34. The average Bonchev–Trinajstić information content (AvgIpc) is 2.32. The Morgan fingerprint density at radius 2 is 2.00 bits per heavy atom. The first-order valence-corrected chi connectivity index (χ1v) is 5.25. The Morgan fingerprint density at radius 1 is 1.22 bits per heavy atom. The zero-order valence-corrected chi connectivity index (χ0v) is 9.66. The van der Waals surface area contributed by atoms with E-state index in [0.717, 1.165) is 0 Å². The molecule has 0 saturated carbocycles. The van der Waals surface area contributed by atoms with Crippen LogP contribution in [0, 0.1) is 0 Å². The first-order chi connectivity index (χ1) is 8.65. The molecule has 0 spiro atoms. The SMILES string of the molecule is CC(=O)Oc1cccc(Oc2ncccc2O)c1. The van der Waals surface area contributed by atoms with Gasteiger partial charge in [0, 0.05) is 19.2 Å². The van der Waals surface area contributed by atoms with E-state index in [1.54, 1.807) is 24.3 Å². The highest BCUT2D eigenvalue weighted by atomic mass is 16.5. The van der Waals surface area contributed by atoms with Crippen LogP contribution < -0.4 is 9.47 Å². The van der Waals surface area contributed by atoms with Gasteiger partial charge in [0.15, 0.2) is 5.75 Å². The van der Waals surface area contributed by atoms with Crippen LogP contribution in [0.2, 0.25) is 0 Å². The first kappa shape index (κ1) is 11.9. The van der Waals surface area contributed by atoms with Gasteiger partial charge in [-0.1, -0.05) is 6.07 Å². The van der Waals surface area contributed by atoms with Gasteiger partial charge in [0.1, 0.15) is 11.5 Å². The molecule has 0 fully saturated rings. The number of nitrogens with zero attached hydrogens (tertiary/aromatic N) is 1. The lowest BCUT2D eigenvalue weighted by Gasteiger charge is -2.07. The molecule has 0 bridgehead atoms. The van der Waals surface area contributed by atoms with Gasteiger partial charge in [-0.05, 0) is 24.3 Å². The van der Waals surface area contributed by atoms with Crippen LogP contribution in [0.5, 0.6) is 23.1 Å². The van der Waals surface area contributed by atoms with E-state index in [1.165, 1.54) is 25.3 Å². The minimum absolute atomic E-state index is 0.0598. The maximum Gasteiger partial charge on any atom is 0.308 e. The third-order valence-corrected chi connectivity index (χ3v) is 2.03. The molecule has 0 aliphatic rings. The molecule has 2 aromatic rings. The summed E-state index contributed by atoms with van der Waals surface area (Å²) >= 11 is 0. The predicted octanol–water partition coefficient (Wildman–Crippen LogP) is 2.50. The van der Waals surface area contributed by atoms with Gasteiger partial charge >= 0.3 is 5.97 Å². The van der Waals surface area contributed by atoms with Crippen LogP contribution in [0.15, 0.2) is 42.6 Å². The fourth-order valence-electron chi connectivity index (χ4n) is 1.34. The monoisotopic (exact) mass is 245 g/mol. The van der Waals surface area contributed by atoms with Crippen LogP contribution >= 0.6 is 0 Å². The number of hydrogen-bond donors (Lipinski definition) is 1. The van der Waals surface area contributed by atoms with Gasteiger partial charge in [0.25, 0.3) is 5.88 Å². The van der Waals surface area contributed by atoms with Crippen LogP contribution in [-0.2, 0) is 4.79 Å². The van der Waals surface area contributed by atoms with Gasteiger partial charge in [-0.3, -0.25) is 4.79 Å². The van der Waals surface area contributed by atoms with E-state index in [4.69, 9.17) is 9.47 Å². The third-order valence-electron chi connectivity index (χ3n) is 2.03. The summed E-state index contributed by atoms with van der Waals surface area (Å²) in [6, 6.07) is 9.58. The minimum Gasteiger partial charge on any atom is -0.503 e. The molecule has 0 atom stereocenters. The molecule has 0 aliphatic heterocycles. The number of ether oxygens (including phenoxy) is 2. The summed E-state index contributed by atoms with van der Waals surface area (Å²) < 4.78 is 10.3. The van der Waals surface area contributed by atoms with Crippen molar-refractivity contribution in [3.05, 3.63) is 42.6 Å². The van der Waals surface area contributed by atoms with Crippen LogP contribution in [0.25, 0.3) is 0 Å². The van der Waals surface area contributed by atoms with Gasteiger partial charge in [-0.15, -0.1) is 0 Å². The van der Waals surface area contributed by atoms with Gasteiger partial charge in [0.05, 0.1) is 0 Å². The molecule has 1 aromatic carbocycles. The Bertz CT molecular complexity index is 568. The highest BCUT2D eigenvalue weighted by Gasteiger charge is 2.06. The van der Waals surface area contributed by atoms with E-state index < -0.39 is 5.97 Å². The number of aromatic hydroxyl groups is 1. The molecule has 5 nitrogen and oxygen atoms in total. The lowest BCUT2D eigenvalue weighted by atomic mass is 10.3. The second-order valence-electron chi connectivity index (χ2n) is 3.50. The molecule has 18 heavy (non-hydrogen) atoms. The van der Waals surface area contributed by atoms with E-state index in [0.29, 0.717) is 11.5 Å². The standard InChI is InChI=1S/C13H11NO4/c1-9(15)17-10-4-2-5-11(8-10)18-13-12(16)6-3-7-14-13/h2-8,16H,1H3. The normalized spacial score (nSPS) is 9.83. The molecule has 0 aliphatic carbocycles. The van der Waals surface area contributed by atoms with Gasteiger partial charge in [0.2, 0.25) is 0 Å². The predicted molar refractivity (Wildman–Crippen MR) is 63.7 cm³/mol. The Morgan fingerprint density at radius 3 is 2.72 bits per heavy atom. The lowest BCUT2D eigenvalue weighted by Crippen LogP contribution is -2.01. The topological polar surface area (TPSA) is 68.7 Å². The number of carbonyl (C=O) groups is 1. The summed E-state index contributed by atoms with van der Waals surface area (Å²) in [6.45, 7) is 1.32. The summed E-state index contributed by atoms with van der Waals surface area (Å²) in [5, 5.41) is 9.51. The summed E-state index contributed by atoms with van der Waals surface area (Å²) in [5.41, 5.74) is 0. The molecular weight excluding hydrogens is 234 g/mol. The molecule has 1 heterocycles. The number of aromatic nitrogens is 1. The van der Waals surface area contributed by atoms with Gasteiger partial charge < -0.3 is 14.6 Å². The Balaban J connectivity index is 2.19. The lowest BCUT2D eigenvalue weighted by molar-refractivity contribution is -0.131. The molecule has 0 saturated heterocycles. The van der Waals surface area contributed by atoms with Crippen molar-refractivity contribution >= 4 is 5.97 Å². The van der Waals surface area contributed by atoms with Gasteiger partial charge in [-0.25, -0.2) is 4.98 Å². The van der Waals surface area contributed by atoms with Crippen LogP contribution in [0.1, 0.15) is 6.92 Å². The Hall–Kier alpha value is -2.56. The fraction of sp³-hybridized carbons (Fsp3) is 0.0769. The highest BCUT2D eigenvalue weighted by molar-refractivity contribution is 5.69. The largest absolute Gasteiger partial charge is 0.503 e. The van der Waals surface area contributed by atoms with Crippen LogP contribution in [0.4, 0.5) is 0 Å². The second kappa shape index (κ2) is 5.18. The molecule has 1 aromatic heterocycles. The number of pyridine rings is 1. The van der Waals surface area contributed by atoms with Crippen molar-refractivity contribution in [1.29, 1.82) is 0 Å². The molecule has 2 rings (SSSR count). The highest BCUT2D eigenvalue weighted by Crippen LogP contribution is 2.29. The van der Waals surface area contributed by atoms with Crippen molar-refractivity contribution in [2.45, 2.75) is 6.92 Å². The molecule has 5 heteroatoms. The number of benzene rings is 1. The molecule has 0 unspecified atom stereocenters. The summed E-state index contributed by atoms with van der Waals surface area (Å²) in [6.07, 6.45) is 1.50. The van der Waals surface area contributed by atoms with E-state index in [2.05, 4.69) is 4.98 Å². The van der Waals surface area contributed by atoms with E-state index in [9.17, 15) is 9.90 Å². The Labute approximate surface area is 104 Å². The van der Waals surface area contributed by atoms with Crippen molar-refractivity contribution in [3.63, 3.8) is 0 Å². The molecule has 0 amide bonds. The molecule has 0 radical (unpaired) electrons. The minimum atomic E-state index is -0.409. The average molecular weight is 245 g/mol. The smallest absolute Gasteiger partial charge is 0.308 e. The van der Waals surface area contributed by atoms with Crippen molar-refractivity contribution in [2.24, 2.45) is 0 Å². The summed E-state index contributed by atoms with van der Waals surface area (Å²) in [4.78, 5) is 14.7. The number of rotatable bonds is 3. The van der Waals surface area contributed by atoms with E-state index in [-0.39, 0.29) is 11.6 Å². The second-order valence-corrected chi connectivity index (χ2v) is 3.50. The third kappa shape index (κ3) is 2.98. The first-order valence-electron chi connectivity index (χ1n) is 5.25. The van der Waals surface area contributed by atoms with Crippen LogP contribution in [-0.4, -0.2) is 16.1 Å². The zero-order chi connectivity index (χ0) is 13.0. The molecule has 1 N–H and O–H groups in total. The van der Waals surface area contributed by atoms with Gasteiger partial charge in [-0.2, -0.15) is 0 Å². The van der Waals surface area contributed by atoms with Crippen molar-refractivity contribution in [2.75, 3.05) is 0 Å². The quantitative estimate of drug-likeness (QED) is 0.664. The number of carbonyl (C=O) groups excluding carboxylic acids is 1. The molecular formula is C13H11NO4. The van der Waals surface area contributed by atoms with Crippen molar-refractivity contribution in [1.82, 2.24) is 4.98 Å². The van der Waals surface area contributed by atoms with Crippen molar-refractivity contribution in [3.8, 4) is 23.1 Å².